The van der Waals surface area contributed by atoms with Crippen molar-refractivity contribution in [3.05, 3.63) is 35.2 Å². The maximum atomic E-state index is 12.3. The van der Waals surface area contributed by atoms with Crippen molar-refractivity contribution in [3.63, 3.8) is 0 Å². The third kappa shape index (κ3) is 5.68. The van der Waals surface area contributed by atoms with Gasteiger partial charge in [0.15, 0.2) is 5.82 Å². The second-order valence-electron chi connectivity index (χ2n) is 8.48. The van der Waals surface area contributed by atoms with Crippen LogP contribution in [0.5, 0.6) is 5.75 Å². The van der Waals surface area contributed by atoms with Gasteiger partial charge in [0, 0.05) is 6.04 Å². The molecule has 1 aromatic heterocycles. The average molecular weight is 432 g/mol. The Balaban J connectivity index is 1.55. The molecule has 2 atom stereocenters. The SMILES string of the molecule is Cc1ccc(C(C)C)c(OCc2nnc(SCC(=O)N[C@H]3CCCC[C@@H]3C)n2N)c1. The summed E-state index contributed by atoms with van der Waals surface area (Å²) in [6.45, 7) is 8.74. The summed E-state index contributed by atoms with van der Waals surface area (Å²) in [6, 6.07) is 6.48. The summed E-state index contributed by atoms with van der Waals surface area (Å²) in [5, 5.41) is 11.9. The Labute approximate surface area is 183 Å². The molecule has 1 saturated carbocycles. The molecule has 1 heterocycles. The Morgan fingerprint density at radius 2 is 2.10 bits per heavy atom. The lowest BCUT2D eigenvalue weighted by molar-refractivity contribution is -0.119. The molecule has 0 unspecified atom stereocenters. The van der Waals surface area contributed by atoms with Gasteiger partial charge in [-0.05, 0) is 48.8 Å². The number of benzene rings is 1. The predicted molar refractivity (Wildman–Crippen MR) is 120 cm³/mol. The summed E-state index contributed by atoms with van der Waals surface area (Å²) in [6.07, 6.45) is 4.68. The molecule has 8 heteroatoms. The van der Waals surface area contributed by atoms with E-state index in [2.05, 4.69) is 48.4 Å². The van der Waals surface area contributed by atoms with Gasteiger partial charge in [-0.1, -0.05) is 57.5 Å². The summed E-state index contributed by atoms with van der Waals surface area (Å²) in [7, 11) is 0. The summed E-state index contributed by atoms with van der Waals surface area (Å²) < 4.78 is 7.41. The van der Waals surface area contributed by atoms with Gasteiger partial charge in [-0.25, -0.2) is 4.68 Å². The highest BCUT2D eigenvalue weighted by atomic mass is 32.2. The van der Waals surface area contributed by atoms with Crippen LogP contribution in [-0.2, 0) is 11.4 Å². The van der Waals surface area contributed by atoms with E-state index in [9.17, 15) is 4.79 Å². The number of hydrogen-bond acceptors (Lipinski definition) is 6. The predicted octanol–water partition coefficient (Wildman–Crippen LogP) is 3.79. The number of aromatic nitrogens is 3. The van der Waals surface area contributed by atoms with Crippen LogP contribution >= 0.6 is 11.8 Å². The van der Waals surface area contributed by atoms with Gasteiger partial charge >= 0.3 is 0 Å². The number of nitrogens with one attached hydrogen (secondary N) is 1. The molecule has 164 valence electrons. The molecule has 7 nitrogen and oxygen atoms in total. The molecule has 0 radical (unpaired) electrons. The number of nitrogens with two attached hydrogens (primary N) is 1. The van der Waals surface area contributed by atoms with E-state index in [1.54, 1.807) is 0 Å². The maximum absolute atomic E-state index is 12.3. The fourth-order valence-electron chi connectivity index (χ4n) is 3.80. The van der Waals surface area contributed by atoms with Gasteiger partial charge < -0.3 is 15.9 Å². The number of carbonyl (C=O) groups is 1. The molecule has 0 aliphatic heterocycles. The van der Waals surface area contributed by atoms with Gasteiger partial charge in [-0.2, -0.15) is 0 Å². The number of amides is 1. The maximum Gasteiger partial charge on any atom is 0.230 e. The monoisotopic (exact) mass is 431 g/mol. The van der Waals surface area contributed by atoms with Gasteiger partial charge in [-0.3, -0.25) is 4.79 Å². The molecule has 1 aliphatic rings. The molecular formula is C22H33N5O2S. The molecule has 3 N–H and O–H groups in total. The van der Waals surface area contributed by atoms with Crippen LogP contribution < -0.4 is 15.9 Å². The zero-order chi connectivity index (χ0) is 21.7. The highest BCUT2D eigenvalue weighted by Crippen LogP contribution is 2.28. The number of hydrogen-bond donors (Lipinski definition) is 2. The summed E-state index contributed by atoms with van der Waals surface area (Å²) in [4.78, 5) is 12.3. The number of nitrogens with zero attached hydrogens (tertiary/aromatic N) is 3. The first-order chi connectivity index (χ1) is 14.3. The highest BCUT2D eigenvalue weighted by molar-refractivity contribution is 7.99. The van der Waals surface area contributed by atoms with E-state index in [1.165, 1.54) is 35.7 Å². The number of carbonyl (C=O) groups excluding carboxylic acids is 1. The molecule has 1 aromatic carbocycles. The minimum absolute atomic E-state index is 0.0147. The molecule has 0 spiro atoms. The molecule has 2 aromatic rings. The lowest BCUT2D eigenvalue weighted by Crippen LogP contribution is -2.41. The first-order valence-corrected chi connectivity index (χ1v) is 11.7. The van der Waals surface area contributed by atoms with Crippen molar-refractivity contribution in [1.29, 1.82) is 0 Å². The quantitative estimate of drug-likeness (QED) is 0.488. The first kappa shape index (κ1) is 22.5. The minimum atomic E-state index is 0.0147. The molecule has 0 saturated heterocycles. The van der Waals surface area contributed by atoms with Crippen molar-refractivity contribution in [3.8, 4) is 5.75 Å². The van der Waals surface area contributed by atoms with Gasteiger partial charge in [0.05, 0.1) is 5.75 Å². The summed E-state index contributed by atoms with van der Waals surface area (Å²) >= 11 is 1.29. The van der Waals surface area contributed by atoms with Crippen molar-refractivity contribution in [1.82, 2.24) is 20.2 Å². The van der Waals surface area contributed by atoms with Crippen molar-refractivity contribution in [2.24, 2.45) is 5.92 Å². The molecule has 0 bridgehead atoms. The van der Waals surface area contributed by atoms with E-state index in [1.807, 2.05) is 13.0 Å². The van der Waals surface area contributed by atoms with Crippen LogP contribution in [0.3, 0.4) is 0 Å². The van der Waals surface area contributed by atoms with Gasteiger partial charge in [0.2, 0.25) is 11.1 Å². The highest BCUT2D eigenvalue weighted by Gasteiger charge is 2.23. The van der Waals surface area contributed by atoms with Crippen LogP contribution in [0, 0.1) is 12.8 Å². The number of ether oxygens (including phenoxy) is 1. The van der Waals surface area contributed by atoms with E-state index >= 15 is 0 Å². The Hall–Kier alpha value is -2.22. The molecule has 1 amide bonds. The number of rotatable bonds is 8. The fourth-order valence-corrected chi connectivity index (χ4v) is 4.49. The number of nitrogen functional groups attached to an aromatic ring is 1. The van der Waals surface area contributed by atoms with Crippen molar-refractivity contribution < 1.29 is 9.53 Å². The van der Waals surface area contributed by atoms with Crippen molar-refractivity contribution in [2.45, 2.75) is 77.1 Å². The molecule has 30 heavy (non-hydrogen) atoms. The van der Waals surface area contributed by atoms with Crippen molar-refractivity contribution >= 4 is 17.7 Å². The first-order valence-electron chi connectivity index (χ1n) is 10.7. The Kier molecular flexibility index (Phi) is 7.64. The van der Waals surface area contributed by atoms with Crippen LogP contribution in [0.2, 0.25) is 0 Å². The van der Waals surface area contributed by atoms with Crippen molar-refractivity contribution in [2.75, 3.05) is 11.6 Å². The van der Waals surface area contributed by atoms with Gasteiger partial charge in [-0.15, -0.1) is 10.2 Å². The number of thioether (sulfide) groups is 1. The largest absolute Gasteiger partial charge is 0.485 e. The topological polar surface area (TPSA) is 95.1 Å². The van der Waals surface area contributed by atoms with Crippen LogP contribution in [0.15, 0.2) is 23.4 Å². The zero-order valence-corrected chi connectivity index (χ0v) is 19.2. The molecule has 3 rings (SSSR count). The summed E-state index contributed by atoms with van der Waals surface area (Å²) in [5.74, 6) is 8.68. The van der Waals surface area contributed by atoms with Crippen LogP contribution in [-0.4, -0.2) is 32.6 Å². The van der Waals surface area contributed by atoms with E-state index < -0.39 is 0 Å². The van der Waals surface area contributed by atoms with Gasteiger partial charge in [0.25, 0.3) is 0 Å². The van der Waals surface area contributed by atoms with Crippen LogP contribution in [0.1, 0.15) is 69.3 Å². The fraction of sp³-hybridized carbons (Fsp3) is 0.591. The van der Waals surface area contributed by atoms with Crippen LogP contribution in [0.4, 0.5) is 0 Å². The normalized spacial score (nSPS) is 19.1. The van der Waals surface area contributed by atoms with E-state index in [4.69, 9.17) is 10.6 Å². The minimum Gasteiger partial charge on any atom is -0.485 e. The number of aryl methyl sites for hydroxylation is 1. The van der Waals surface area contributed by atoms with Gasteiger partial charge in [0.1, 0.15) is 12.4 Å². The Morgan fingerprint density at radius 3 is 2.83 bits per heavy atom. The second kappa shape index (κ2) is 10.2. The van der Waals surface area contributed by atoms with Crippen LogP contribution in [0.25, 0.3) is 0 Å². The molecule has 1 aliphatic carbocycles. The second-order valence-corrected chi connectivity index (χ2v) is 9.42. The van der Waals surface area contributed by atoms with E-state index in [0.717, 1.165) is 23.3 Å². The summed E-state index contributed by atoms with van der Waals surface area (Å²) in [5.41, 5.74) is 2.28. The average Bonchev–Trinajstić information content (AvgIpc) is 3.06. The lowest BCUT2D eigenvalue weighted by atomic mass is 9.86. The molecule has 1 fully saturated rings. The third-order valence-electron chi connectivity index (χ3n) is 5.67. The lowest BCUT2D eigenvalue weighted by Gasteiger charge is -2.29. The molecular weight excluding hydrogens is 398 g/mol. The third-order valence-corrected chi connectivity index (χ3v) is 6.62. The Bertz CT molecular complexity index is 867. The van der Waals surface area contributed by atoms with E-state index in [0.29, 0.717) is 22.8 Å². The smallest absolute Gasteiger partial charge is 0.230 e. The zero-order valence-electron chi connectivity index (χ0n) is 18.4. The van der Waals surface area contributed by atoms with E-state index in [-0.39, 0.29) is 24.3 Å². The Morgan fingerprint density at radius 1 is 1.33 bits per heavy atom. The standard InChI is InChI=1S/C22H33N5O2S/c1-14(2)17-10-9-15(3)11-19(17)29-12-20-25-26-22(27(20)23)30-13-21(28)24-18-8-6-5-7-16(18)4/h9-11,14,16,18H,5-8,12-13,23H2,1-4H3,(H,24,28)/t16-,18-/m0/s1.